The van der Waals surface area contributed by atoms with Crippen molar-refractivity contribution in [2.75, 3.05) is 6.54 Å². The molecule has 0 radical (unpaired) electrons. The first-order valence-electron chi connectivity index (χ1n) is 10.8. The van der Waals surface area contributed by atoms with Crippen molar-refractivity contribution in [1.82, 2.24) is 4.90 Å². The van der Waals surface area contributed by atoms with Crippen LogP contribution >= 0.6 is 11.8 Å². The molecular weight excluding hydrogens is 462 g/mol. The van der Waals surface area contributed by atoms with Crippen molar-refractivity contribution in [3.8, 4) is 11.3 Å². The van der Waals surface area contributed by atoms with Gasteiger partial charge in [0.05, 0.1) is 21.1 Å². The van der Waals surface area contributed by atoms with E-state index in [-0.39, 0.29) is 11.6 Å². The molecule has 7 nitrogen and oxygen atoms in total. The van der Waals surface area contributed by atoms with E-state index in [1.54, 1.807) is 47.4 Å². The van der Waals surface area contributed by atoms with Gasteiger partial charge in [-0.2, -0.15) is 0 Å². The minimum atomic E-state index is -0.449. The Balaban J connectivity index is 1.50. The largest absolute Gasteiger partial charge is 0.456 e. The molecule has 1 fully saturated rings. The monoisotopic (exact) mass is 481 g/mol. The van der Waals surface area contributed by atoms with Crippen LogP contribution in [0.1, 0.15) is 5.76 Å². The van der Waals surface area contributed by atoms with Crippen LogP contribution in [0, 0.1) is 10.1 Å². The Morgan fingerprint density at radius 2 is 1.80 bits per heavy atom. The number of nitrogens with zero attached hydrogens (tertiary/aromatic N) is 3. The molecule has 0 atom stereocenters. The third-order valence-electron chi connectivity index (χ3n) is 5.45. The maximum atomic E-state index is 13.2. The first-order chi connectivity index (χ1) is 17.0. The minimum absolute atomic E-state index is 0.0472. The van der Waals surface area contributed by atoms with Crippen molar-refractivity contribution < 1.29 is 14.1 Å². The van der Waals surface area contributed by atoms with Crippen molar-refractivity contribution >= 4 is 51.1 Å². The van der Waals surface area contributed by atoms with E-state index in [1.807, 2.05) is 42.5 Å². The van der Waals surface area contributed by atoms with Crippen molar-refractivity contribution in [1.29, 1.82) is 0 Å². The Labute approximate surface area is 205 Å². The molecule has 1 aliphatic heterocycles. The van der Waals surface area contributed by atoms with Gasteiger partial charge in [-0.25, -0.2) is 4.99 Å². The highest BCUT2D eigenvalue weighted by molar-refractivity contribution is 8.18. The number of amides is 1. The first kappa shape index (κ1) is 22.4. The van der Waals surface area contributed by atoms with E-state index in [1.165, 1.54) is 17.8 Å². The normalized spacial score (nSPS) is 15.9. The van der Waals surface area contributed by atoms with Crippen molar-refractivity contribution in [3.05, 3.63) is 112 Å². The van der Waals surface area contributed by atoms with Gasteiger partial charge in [0, 0.05) is 24.1 Å². The molecular formula is C27H19N3O4S. The molecule has 0 saturated carbocycles. The standard InChI is InChI=1S/C27H19N3O4S/c1-2-16-29-26(31)25(35-27(29)28-22-12-7-9-18-8-3-4-10-20(18)22)17-19-14-15-24(34-19)21-11-5-6-13-23(21)30(32)33/h2-15,17H,1,16H2. The van der Waals surface area contributed by atoms with Gasteiger partial charge in [0.1, 0.15) is 11.5 Å². The van der Waals surface area contributed by atoms with E-state index in [4.69, 9.17) is 9.41 Å². The summed E-state index contributed by atoms with van der Waals surface area (Å²) < 4.78 is 5.85. The molecule has 1 aliphatic rings. The van der Waals surface area contributed by atoms with Gasteiger partial charge in [-0.05, 0) is 41.4 Å². The molecule has 0 N–H and O–H groups in total. The van der Waals surface area contributed by atoms with Gasteiger partial charge >= 0.3 is 0 Å². The molecule has 1 amide bonds. The van der Waals surface area contributed by atoms with Crippen LogP contribution in [-0.2, 0) is 4.79 Å². The number of fused-ring (bicyclic) bond motifs is 1. The van der Waals surface area contributed by atoms with Crippen LogP contribution in [0.15, 0.2) is 106 Å². The zero-order chi connectivity index (χ0) is 24.4. The number of hydrogen-bond donors (Lipinski definition) is 0. The van der Waals surface area contributed by atoms with Gasteiger partial charge in [-0.15, -0.1) is 6.58 Å². The van der Waals surface area contributed by atoms with Gasteiger partial charge < -0.3 is 4.42 Å². The summed E-state index contributed by atoms with van der Waals surface area (Å²) in [5, 5.41) is 14.0. The summed E-state index contributed by atoms with van der Waals surface area (Å²) in [5.74, 6) is 0.559. The van der Waals surface area contributed by atoms with Crippen LogP contribution in [0.4, 0.5) is 11.4 Å². The number of nitro benzene ring substituents is 1. The summed E-state index contributed by atoms with van der Waals surface area (Å²) in [6, 6.07) is 23.5. The number of furan rings is 1. The quantitative estimate of drug-likeness (QED) is 0.131. The molecule has 0 spiro atoms. The van der Waals surface area contributed by atoms with Gasteiger partial charge in [0.15, 0.2) is 5.17 Å². The highest BCUT2D eigenvalue weighted by Crippen LogP contribution is 2.37. The van der Waals surface area contributed by atoms with E-state index in [2.05, 4.69) is 6.58 Å². The number of hydrogen-bond acceptors (Lipinski definition) is 6. The second kappa shape index (κ2) is 9.44. The van der Waals surface area contributed by atoms with Crippen LogP contribution < -0.4 is 0 Å². The smallest absolute Gasteiger partial charge is 0.280 e. The summed E-state index contributed by atoms with van der Waals surface area (Å²) >= 11 is 1.25. The predicted octanol–water partition coefficient (Wildman–Crippen LogP) is 6.80. The molecule has 0 unspecified atom stereocenters. The van der Waals surface area contributed by atoms with E-state index < -0.39 is 4.92 Å². The number of aliphatic imine (C=N–C) groups is 1. The maximum absolute atomic E-state index is 13.2. The van der Waals surface area contributed by atoms with E-state index in [0.29, 0.717) is 33.7 Å². The Hall–Kier alpha value is -4.43. The Morgan fingerprint density at radius 3 is 2.63 bits per heavy atom. The topological polar surface area (TPSA) is 89.0 Å². The van der Waals surface area contributed by atoms with Gasteiger partial charge in [-0.1, -0.05) is 54.6 Å². The van der Waals surface area contributed by atoms with Gasteiger partial charge in [0.25, 0.3) is 11.6 Å². The third kappa shape index (κ3) is 4.39. The van der Waals surface area contributed by atoms with Gasteiger partial charge in [-0.3, -0.25) is 19.8 Å². The zero-order valence-electron chi connectivity index (χ0n) is 18.5. The number of rotatable bonds is 6. The fourth-order valence-electron chi connectivity index (χ4n) is 3.84. The van der Waals surface area contributed by atoms with Crippen LogP contribution in [0.25, 0.3) is 28.2 Å². The fourth-order valence-corrected chi connectivity index (χ4v) is 4.82. The van der Waals surface area contributed by atoms with Crippen molar-refractivity contribution in [3.63, 3.8) is 0 Å². The molecule has 35 heavy (non-hydrogen) atoms. The van der Waals surface area contributed by atoms with E-state index in [0.717, 1.165) is 16.5 Å². The number of thioether (sulfide) groups is 1. The summed E-state index contributed by atoms with van der Waals surface area (Å²) in [6.45, 7) is 4.08. The summed E-state index contributed by atoms with van der Waals surface area (Å²) in [6.07, 6.45) is 3.28. The molecule has 1 aromatic heterocycles. The summed E-state index contributed by atoms with van der Waals surface area (Å²) in [5.41, 5.74) is 1.10. The Morgan fingerprint density at radius 1 is 1.03 bits per heavy atom. The zero-order valence-corrected chi connectivity index (χ0v) is 19.3. The highest BCUT2D eigenvalue weighted by atomic mass is 32.2. The summed E-state index contributed by atoms with van der Waals surface area (Å²) in [4.78, 5) is 30.9. The lowest BCUT2D eigenvalue weighted by Gasteiger charge is -2.13. The number of carbonyl (C=O) groups excluding carboxylic acids is 1. The lowest BCUT2D eigenvalue weighted by atomic mass is 10.1. The molecule has 8 heteroatoms. The second-order valence-electron chi connectivity index (χ2n) is 7.68. The Kier molecular flexibility index (Phi) is 6.03. The minimum Gasteiger partial charge on any atom is -0.456 e. The number of benzene rings is 3. The predicted molar refractivity (Wildman–Crippen MR) is 139 cm³/mol. The highest BCUT2D eigenvalue weighted by Gasteiger charge is 2.33. The molecule has 5 rings (SSSR count). The molecule has 0 aliphatic carbocycles. The molecule has 4 aromatic rings. The van der Waals surface area contributed by atoms with E-state index in [9.17, 15) is 14.9 Å². The number of amidine groups is 1. The Bertz CT molecular complexity index is 1530. The third-order valence-corrected chi connectivity index (χ3v) is 6.46. The fraction of sp³-hybridized carbons (Fsp3) is 0.0370. The maximum Gasteiger partial charge on any atom is 0.280 e. The average Bonchev–Trinajstić information content (AvgIpc) is 3.45. The van der Waals surface area contributed by atoms with Crippen LogP contribution in [0.3, 0.4) is 0 Å². The number of carbonyl (C=O) groups is 1. The molecule has 172 valence electrons. The van der Waals surface area contributed by atoms with Crippen molar-refractivity contribution in [2.45, 2.75) is 0 Å². The molecule has 3 aromatic carbocycles. The van der Waals surface area contributed by atoms with Crippen molar-refractivity contribution in [2.24, 2.45) is 4.99 Å². The van der Waals surface area contributed by atoms with Gasteiger partial charge in [0.2, 0.25) is 0 Å². The SMILES string of the molecule is C=CCN1C(=O)C(=Cc2ccc(-c3ccccc3[N+](=O)[O-])o2)SC1=Nc1cccc2ccccc12. The lowest BCUT2D eigenvalue weighted by molar-refractivity contribution is -0.384. The second-order valence-corrected chi connectivity index (χ2v) is 8.69. The molecule has 2 heterocycles. The average molecular weight is 482 g/mol. The van der Waals surface area contributed by atoms with E-state index >= 15 is 0 Å². The molecule has 0 bridgehead atoms. The molecule has 1 saturated heterocycles. The first-order valence-corrected chi connectivity index (χ1v) is 11.6. The van der Waals surface area contributed by atoms with Crippen LogP contribution in [-0.4, -0.2) is 27.4 Å². The lowest BCUT2D eigenvalue weighted by Crippen LogP contribution is -2.29. The summed E-state index contributed by atoms with van der Waals surface area (Å²) in [7, 11) is 0. The van der Waals surface area contributed by atoms with Crippen LogP contribution in [0.5, 0.6) is 0 Å². The number of nitro groups is 1. The number of para-hydroxylation sites is 1. The van der Waals surface area contributed by atoms with Crippen LogP contribution in [0.2, 0.25) is 0 Å².